The molecule has 2 aromatic heterocycles. The molecule has 0 saturated heterocycles. The Morgan fingerprint density at radius 1 is 1.00 bits per heavy atom. The number of pyridine rings is 1. The third-order valence-electron chi connectivity index (χ3n) is 10.3. The number of nitrogens with one attached hydrogen (secondary N) is 1. The summed E-state index contributed by atoms with van der Waals surface area (Å²) in [5.74, 6) is 2.35. The van der Waals surface area contributed by atoms with Gasteiger partial charge in [0.2, 0.25) is 5.88 Å². The van der Waals surface area contributed by atoms with Crippen molar-refractivity contribution in [2.45, 2.75) is 88.6 Å². The number of hydrogen-bond acceptors (Lipinski definition) is 10. The highest BCUT2D eigenvalue weighted by molar-refractivity contribution is 7.98. The number of nitrogens with zero attached hydrogens (tertiary/aromatic N) is 3. The van der Waals surface area contributed by atoms with E-state index in [1.807, 2.05) is 0 Å². The predicted octanol–water partition coefficient (Wildman–Crippen LogP) is 9.16. The van der Waals surface area contributed by atoms with Gasteiger partial charge in [-0.05, 0) is 65.7 Å². The second kappa shape index (κ2) is 16.4. The summed E-state index contributed by atoms with van der Waals surface area (Å²) < 4.78 is 55.1. The summed E-state index contributed by atoms with van der Waals surface area (Å²) in [5, 5.41) is 4.99. The molecule has 5 rings (SSSR count). The van der Waals surface area contributed by atoms with Gasteiger partial charge in [-0.15, -0.1) is 5.54 Å². The standard InChI is InChI=1S/C39H48F2N4O5SSi/c1-21(2)52(22(3)4,23(5)6)16-15-28-30(40)14-12-24-18-27(50-20-47-7)19-29(31(24)28)34-33(41)35-32(37(43-34)48-8)36(45-39(44-35)51-10)42-26-13-11-25(17-26)38(46)49-9/h12,14,18-19,21-23,25-26H,11,13,17,20H2,1-10H3,(H,42,44,45)/t25-,26+/m0/s1. The smallest absolute Gasteiger partial charge is 0.308 e. The van der Waals surface area contributed by atoms with Gasteiger partial charge in [0.1, 0.15) is 42.1 Å². The average Bonchev–Trinajstić information content (AvgIpc) is 3.59. The molecule has 9 nitrogen and oxygen atoms in total. The van der Waals surface area contributed by atoms with Crippen LogP contribution in [0.5, 0.6) is 11.6 Å². The SMILES string of the molecule is COCOc1cc(-c2nc(OC)c3c(N[C@@H]4CC[C@H](C(=O)OC)C4)nc(SC)nc3c2F)c2c(C#C[Si](C(C)C)(C(C)C)C(C)C)c(F)ccc2c1. The second-order valence-corrected chi connectivity index (χ2v) is 20.5. The van der Waals surface area contributed by atoms with Crippen molar-refractivity contribution in [3.8, 4) is 34.4 Å². The van der Waals surface area contributed by atoms with Gasteiger partial charge in [-0.2, -0.15) is 0 Å². The maximum Gasteiger partial charge on any atom is 0.308 e. The Morgan fingerprint density at radius 3 is 2.33 bits per heavy atom. The molecule has 1 saturated carbocycles. The third kappa shape index (κ3) is 7.43. The van der Waals surface area contributed by atoms with E-state index >= 15 is 8.78 Å². The quantitative estimate of drug-likeness (QED) is 0.0377. The number of halogens is 2. The fraction of sp³-hybridized carbons (Fsp3) is 0.487. The summed E-state index contributed by atoms with van der Waals surface area (Å²) >= 11 is 1.26. The van der Waals surface area contributed by atoms with Gasteiger partial charge in [0.25, 0.3) is 0 Å². The minimum atomic E-state index is -2.28. The van der Waals surface area contributed by atoms with Gasteiger partial charge in [0.05, 0.1) is 25.7 Å². The van der Waals surface area contributed by atoms with Crippen LogP contribution >= 0.6 is 11.8 Å². The topological polar surface area (TPSA) is 105 Å². The molecule has 13 heteroatoms. The van der Waals surface area contributed by atoms with Crippen LogP contribution in [0, 0.1) is 29.0 Å². The lowest BCUT2D eigenvalue weighted by Crippen LogP contribution is -2.43. The molecule has 0 unspecified atom stereocenters. The molecule has 278 valence electrons. The largest absolute Gasteiger partial charge is 0.480 e. The number of anilines is 1. The van der Waals surface area contributed by atoms with Crippen LogP contribution in [0.25, 0.3) is 32.9 Å². The summed E-state index contributed by atoms with van der Waals surface area (Å²) in [6.07, 6.45) is 3.69. The molecule has 1 N–H and O–H groups in total. The first kappa shape index (κ1) is 39.2. The molecule has 1 aliphatic rings. The Morgan fingerprint density at radius 2 is 1.71 bits per heavy atom. The Hall–Kier alpha value is -3.99. The monoisotopic (exact) mass is 750 g/mol. The molecule has 2 aromatic carbocycles. The van der Waals surface area contributed by atoms with E-state index in [4.69, 9.17) is 23.9 Å². The minimum absolute atomic E-state index is 0.0162. The number of hydrogen-bond donors (Lipinski definition) is 1. The maximum atomic E-state index is 17.2. The fourth-order valence-electron chi connectivity index (χ4n) is 7.87. The van der Waals surface area contributed by atoms with E-state index in [-0.39, 0.29) is 58.3 Å². The van der Waals surface area contributed by atoms with Crippen molar-refractivity contribution in [1.82, 2.24) is 15.0 Å². The van der Waals surface area contributed by atoms with Crippen molar-refractivity contribution in [3.63, 3.8) is 0 Å². The molecule has 2 heterocycles. The number of ether oxygens (including phenoxy) is 4. The highest BCUT2D eigenvalue weighted by Crippen LogP contribution is 2.44. The van der Waals surface area contributed by atoms with E-state index in [9.17, 15) is 4.79 Å². The summed E-state index contributed by atoms with van der Waals surface area (Å²) in [7, 11) is 2.05. The number of carbonyl (C=O) groups is 1. The molecule has 0 amide bonds. The lowest BCUT2D eigenvalue weighted by molar-refractivity contribution is -0.145. The molecule has 0 radical (unpaired) electrons. The number of esters is 1. The lowest BCUT2D eigenvalue weighted by Gasteiger charge is -2.38. The van der Waals surface area contributed by atoms with Crippen molar-refractivity contribution < 1.29 is 32.5 Å². The second-order valence-electron chi connectivity index (χ2n) is 14.1. The van der Waals surface area contributed by atoms with E-state index in [1.165, 1.54) is 39.2 Å². The average molecular weight is 751 g/mol. The highest BCUT2D eigenvalue weighted by atomic mass is 32.2. The van der Waals surface area contributed by atoms with Crippen molar-refractivity contribution in [1.29, 1.82) is 0 Å². The van der Waals surface area contributed by atoms with Gasteiger partial charge in [-0.3, -0.25) is 4.79 Å². The summed E-state index contributed by atoms with van der Waals surface area (Å²) in [6, 6.07) is 6.28. The minimum Gasteiger partial charge on any atom is -0.480 e. The molecule has 52 heavy (non-hydrogen) atoms. The molecule has 0 spiro atoms. The predicted molar refractivity (Wildman–Crippen MR) is 206 cm³/mol. The van der Waals surface area contributed by atoms with E-state index < -0.39 is 19.7 Å². The van der Waals surface area contributed by atoms with Gasteiger partial charge in [0.15, 0.2) is 17.8 Å². The number of aromatic nitrogens is 3. The summed E-state index contributed by atoms with van der Waals surface area (Å²) in [5.41, 5.74) is 4.92. The van der Waals surface area contributed by atoms with Crippen LogP contribution in [0.3, 0.4) is 0 Å². The van der Waals surface area contributed by atoms with Crippen LogP contribution in [-0.2, 0) is 14.3 Å². The molecule has 0 aliphatic heterocycles. The Balaban J connectivity index is 1.80. The van der Waals surface area contributed by atoms with E-state index in [0.29, 0.717) is 63.4 Å². The van der Waals surface area contributed by atoms with Gasteiger partial charge in [-0.1, -0.05) is 65.3 Å². The van der Waals surface area contributed by atoms with Crippen molar-refractivity contribution in [3.05, 3.63) is 41.5 Å². The normalized spacial score (nSPS) is 16.1. The van der Waals surface area contributed by atoms with E-state index in [0.717, 1.165) is 0 Å². The molecule has 4 aromatic rings. The van der Waals surface area contributed by atoms with Crippen molar-refractivity contribution in [2.24, 2.45) is 5.92 Å². The van der Waals surface area contributed by atoms with Crippen molar-refractivity contribution in [2.75, 3.05) is 39.7 Å². The Labute approximate surface area is 310 Å². The number of thioether (sulfide) groups is 1. The molecular weight excluding hydrogens is 703 g/mol. The third-order valence-corrected chi connectivity index (χ3v) is 17.2. The number of rotatable bonds is 12. The Kier molecular flexibility index (Phi) is 12.3. The van der Waals surface area contributed by atoms with Crippen molar-refractivity contribution >= 4 is 53.3 Å². The Bertz CT molecular complexity index is 2010. The number of carbonyl (C=O) groups excluding carboxylic acids is 1. The van der Waals surface area contributed by atoms with Crippen LogP contribution in [-0.4, -0.2) is 69.4 Å². The first-order chi connectivity index (χ1) is 24.8. The molecule has 1 fully saturated rings. The number of fused-ring (bicyclic) bond motifs is 2. The zero-order valence-corrected chi connectivity index (χ0v) is 33.4. The molecule has 2 atom stereocenters. The van der Waals surface area contributed by atoms with Gasteiger partial charge >= 0.3 is 5.97 Å². The maximum absolute atomic E-state index is 17.2. The molecule has 1 aliphatic carbocycles. The summed E-state index contributed by atoms with van der Waals surface area (Å²) in [4.78, 5) is 26.2. The lowest BCUT2D eigenvalue weighted by atomic mass is 9.95. The van der Waals surface area contributed by atoms with Crippen LogP contribution in [0.15, 0.2) is 29.4 Å². The van der Waals surface area contributed by atoms with Gasteiger partial charge in [0, 0.05) is 24.1 Å². The van der Waals surface area contributed by atoms with E-state index in [2.05, 4.69) is 68.3 Å². The van der Waals surface area contributed by atoms with Gasteiger partial charge in [-0.25, -0.2) is 23.7 Å². The van der Waals surface area contributed by atoms with Crippen LogP contribution in [0.1, 0.15) is 66.4 Å². The highest BCUT2D eigenvalue weighted by Gasteiger charge is 2.42. The van der Waals surface area contributed by atoms with Gasteiger partial charge < -0.3 is 24.3 Å². The zero-order chi connectivity index (χ0) is 37.9. The van der Waals surface area contributed by atoms with E-state index in [1.54, 1.807) is 24.5 Å². The van der Waals surface area contributed by atoms with Crippen LogP contribution < -0.4 is 14.8 Å². The van der Waals surface area contributed by atoms with Crippen LogP contribution in [0.2, 0.25) is 16.6 Å². The molecular formula is C39H48F2N4O5SSi. The first-order valence-corrected chi connectivity index (χ1v) is 21.0. The molecule has 0 bridgehead atoms. The number of methoxy groups -OCH3 is 3. The fourth-order valence-corrected chi connectivity index (χ4v) is 13.4. The zero-order valence-electron chi connectivity index (χ0n) is 31.6. The summed E-state index contributed by atoms with van der Waals surface area (Å²) in [6.45, 7) is 13.1. The first-order valence-electron chi connectivity index (χ1n) is 17.6. The number of benzene rings is 2. The van der Waals surface area contributed by atoms with Crippen LogP contribution in [0.4, 0.5) is 14.6 Å².